The van der Waals surface area contributed by atoms with Gasteiger partial charge >= 0.3 is 0 Å². The van der Waals surface area contributed by atoms with Crippen LogP contribution in [0.15, 0.2) is 23.8 Å². The number of rotatable bonds is 11. The quantitative estimate of drug-likeness (QED) is 0.304. The summed E-state index contributed by atoms with van der Waals surface area (Å²) in [4.78, 5) is 0. The highest BCUT2D eigenvalue weighted by Gasteiger charge is 2.28. The highest BCUT2D eigenvalue weighted by atomic mass is 14.3. The van der Waals surface area contributed by atoms with E-state index in [1.165, 1.54) is 116 Å². The second-order valence-corrected chi connectivity index (χ2v) is 11.0. The Morgan fingerprint density at radius 1 is 0.759 bits per heavy atom. The lowest BCUT2D eigenvalue weighted by Crippen LogP contribution is -2.22. The molecule has 0 heterocycles. The van der Waals surface area contributed by atoms with E-state index in [9.17, 15) is 0 Å². The molecule has 0 heteroatoms. The Morgan fingerprint density at radius 3 is 2.03 bits per heavy atom. The van der Waals surface area contributed by atoms with Crippen molar-refractivity contribution in [2.45, 2.75) is 129 Å². The van der Waals surface area contributed by atoms with Crippen LogP contribution >= 0.6 is 0 Å². The van der Waals surface area contributed by atoms with Crippen LogP contribution in [0.4, 0.5) is 0 Å². The zero-order valence-corrected chi connectivity index (χ0v) is 19.8. The van der Waals surface area contributed by atoms with Crippen LogP contribution in [0.3, 0.4) is 0 Å². The van der Waals surface area contributed by atoms with E-state index in [4.69, 9.17) is 0 Å². The van der Waals surface area contributed by atoms with Gasteiger partial charge in [-0.2, -0.15) is 0 Å². The Morgan fingerprint density at radius 2 is 1.41 bits per heavy atom. The first-order valence-corrected chi connectivity index (χ1v) is 13.6. The minimum absolute atomic E-state index is 0.852. The van der Waals surface area contributed by atoms with Crippen LogP contribution in [-0.4, -0.2) is 0 Å². The number of unbranched alkanes of at least 4 members (excludes halogenated alkanes) is 7. The van der Waals surface area contributed by atoms with Crippen LogP contribution in [0.5, 0.6) is 0 Å². The van der Waals surface area contributed by atoms with Crippen LogP contribution in [0, 0.1) is 29.6 Å². The highest BCUT2D eigenvalue weighted by Crippen LogP contribution is 2.41. The molecule has 1 atom stereocenters. The van der Waals surface area contributed by atoms with Gasteiger partial charge in [0.2, 0.25) is 0 Å². The van der Waals surface area contributed by atoms with E-state index in [0.717, 1.165) is 29.6 Å². The van der Waals surface area contributed by atoms with Crippen molar-refractivity contribution in [3.63, 3.8) is 0 Å². The number of hydrogen-bond acceptors (Lipinski definition) is 0. The van der Waals surface area contributed by atoms with Gasteiger partial charge in [-0.1, -0.05) is 116 Å². The van der Waals surface area contributed by atoms with Crippen molar-refractivity contribution in [2.75, 3.05) is 0 Å². The lowest BCUT2D eigenvalue weighted by atomic mass is 9.71. The second kappa shape index (κ2) is 13.0. The molecule has 2 fully saturated rings. The Labute approximate surface area is 183 Å². The normalized spacial score (nSPS) is 32.9. The fraction of sp³-hybridized carbons (Fsp3) is 0.862. The predicted octanol–water partition coefficient (Wildman–Crippen LogP) is 9.65. The summed E-state index contributed by atoms with van der Waals surface area (Å²) in [6.45, 7) is 4.74. The largest absolute Gasteiger partial charge is 0.0806 e. The lowest BCUT2D eigenvalue weighted by molar-refractivity contribution is 0.217. The van der Waals surface area contributed by atoms with Gasteiger partial charge in [-0.25, -0.2) is 0 Å². The second-order valence-electron chi connectivity index (χ2n) is 11.0. The topological polar surface area (TPSA) is 0 Å². The molecule has 3 aliphatic rings. The molecule has 0 aromatic rings. The summed E-state index contributed by atoms with van der Waals surface area (Å²) >= 11 is 0. The Hall–Kier alpha value is -0.520. The zero-order chi connectivity index (χ0) is 20.3. The zero-order valence-electron chi connectivity index (χ0n) is 19.8. The van der Waals surface area contributed by atoms with Gasteiger partial charge in [0, 0.05) is 0 Å². The summed E-state index contributed by atoms with van der Waals surface area (Å²) < 4.78 is 0. The minimum atomic E-state index is 0.852. The third kappa shape index (κ3) is 7.91. The molecule has 2 saturated carbocycles. The molecule has 0 N–H and O–H groups in total. The summed E-state index contributed by atoms with van der Waals surface area (Å²) in [6.07, 6.45) is 34.2. The van der Waals surface area contributed by atoms with Gasteiger partial charge in [-0.05, 0) is 67.3 Å². The summed E-state index contributed by atoms with van der Waals surface area (Å²) in [7, 11) is 0. The maximum atomic E-state index is 2.64. The molecule has 0 bridgehead atoms. The number of hydrogen-bond donors (Lipinski definition) is 0. The fourth-order valence-corrected chi connectivity index (χ4v) is 6.37. The van der Waals surface area contributed by atoms with Gasteiger partial charge in [0.15, 0.2) is 0 Å². The van der Waals surface area contributed by atoms with Crippen molar-refractivity contribution in [3.8, 4) is 0 Å². The summed E-state index contributed by atoms with van der Waals surface area (Å²) in [6, 6.07) is 0. The molecule has 0 radical (unpaired) electrons. The smallest absolute Gasteiger partial charge is 0.0165 e. The molecule has 0 nitrogen and oxygen atoms in total. The molecular weight excluding hydrogens is 348 g/mol. The first-order chi connectivity index (χ1) is 14.3. The Kier molecular flexibility index (Phi) is 10.4. The van der Waals surface area contributed by atoms with Crippen LogP contribution in [-0.2, 0) is 0 Å². The Balaban J connectivity index is 1.25. The minimum Gasteiger partial charge on any atom is -0.0806 e. The van der Waals surface area contributed by atoms with Crippen LogP contribution < -0.4 is 0 Å². The first kappa shape index (κ1) is 23.1. The first-order valence-electron chi connectivity index (χ1n) is 13.6. The third-order valence-corrected chi connectivity index (χ3v) is 8.61. The molecule has 166 valence electrons. The van der Waals surface area contributed by atoms with Gasteiger partial charge < -0.3 is 0 Å². The van der Waals surface area contributed by atoms with E-state index in [-0.39, 0.29) is 0 Å². The maximum Gasteiger partial charge on any atom is -0.0165 e. The fourth-order valence-electron chi connectivity index (χ4n) is 6.37. The molecule has 29 heavy (non-hydrogen) atoms. The third-order valence-electron chi connectivity index (χ3n) is 8.61. The van der Waals surface area contributed by atoms with Gasteiger partial charge in [0.25, 0.3) is 0 Å². The monoisotopic (exact) mass is 398 g/mol. The van der Waals surface area contributed by atoms with Gasteiger partial charge in [0.1, 0.15) is 0 Å². The lowest BCUT2D eigenvalue weighted by Gasteiger charge is -2.34. The van der Waals surface area contributed by atoms with Crippen LogP contribution in [0.25, 0.3) is 0 Å². The van der Waals surface area contributed by atoms with Crippen molar-refractivity contribution >= 4 is 0 Å². The van der Waals surface area contributed by atoms with Crippen molar-refractivity contribution < 1.29 is 0 Å². The van der Waals surface area contributed by atoms with Crippen molar-refractivity contribution in [1.82, 2.24) is 0 Å². The van der Waals surface area contributed by atoms with E-state index >= 15 is 0 Å². The standard InChI is InChI=1S/C29H50/c1-3-4-5-6-7-8-9-10-11-25-14-18-27(19-15-25)29-22-20-28(21-23-29)26-16-12-24(2)13-17-26/h20-22,24-27,29H,3-19,23H2,1-2H3. The average Bonchev–Trinajstić information content (AvgIpc) is 2.77. The predicted molar refractivity (Wildman–Crippen MR) is 129 cm³/mol. The van der Waals surface area contributed by atoms with Gasteiger partial charge in [-0.3, -0.25) is 0 Å². The molecule has 3 rings (SSSR count). The molecule has 0 aliphatic heterocycles. The van der Waals surface area contributed by atoms with Crippen molar-refractivity contribution in [3.05, 3.63) is 23.8 Å². The van der Waals surface area contributed by atoms with Gasteiger partial charge in [-0.15, -0.1) is 0 Å². The number of allylic oxidation sites excluding steroid dienone is 4. The average molecular weight is 399 g/mol. The summed E-state index contributed by atoms with van der Waals surface area (Å²) in [5, 5.41) is 0. The van der Waals surface area contributed by atoms with Gasteiger partial charge in [0.05, 0.1) is 0 Å². The van der Waals surface area contributed by atoms with Crippen LogP contribution in [0.1, 0.15) is 129 Å². The van der Waals surface area contributed by atoms with E-state index in [0.29, 0.717) is 0 Å². The summed E-state index contributed by atoms with van der Waals surface area (Å²) in [5.74, 6) is 4.73. The van der Waals surface area contributed by atoms with Crippen LogP contribution in [0.2, 0.25) is 0 Å². The molecular formula is C29H50. The SMILES string of the molecule is CCCCCCCCCCC1CCC(C2C=CC(C3CCC(C)CC3)=CC2)CC1. The van der Waals surface area contributed by atoms with Crippen molar-refractivity contribution in [1.29, 1.82) is 0 Å². The van der Waals surface area contributed by atoms with E-state index in [2.05, 4.69) is 32.1 Å². The Bertz CT molecular complexity index is 482. The molecule has 0 amide bonds. The highest BCUT2D eigenvalue weighted by molar-refractivity contribution is 5.27. The molecule has 3 aliphatic carbocycles. The van der Waals surface area contributed by atoms with Crippen molar-refractivity contribution in [2.24, 2.45) is 29.6 Å². The molecule has 0 aromatic carbocycles. The van der Waals surface area contributed by atoms with E-state index in [1.807, 2.05) is 0 Å². The van der Waals surface area contributed by atoms with E-state index in [1.54, 1.807) is 5.57 Å². The molecule has 0 spiro atoms. The van der Waals surface area contributed by atoms with E-state index < -0.39 is 0 Å². The molecule has 1 unspecified atom stereocenters. The molecule has 0 saturated heterocycles. The summed E-state index contributed by atoms with van der Waals surface area (Å²) in [5.41, 5.74) is 1.69. The molecule has 0 aromatic heterocycles. The maximum absolute atomic E-state index is 2.64.